The van der Waals surface area contributed by atoms with Crippen LogP contribution in [0.15, 0.2) is 10.7 Å². The molecule has 0 aliphatic carbocycles. The minimum absolute atomic E-state index is 0.0804. The summed E-state index contributed by atoms with van der Waals surface area (Å²) >= 11 is 2.80. The second-order valence-electron chi connectivity index (χ2n) is 2.74. The number of rotatable bonds is 3. The van der Waals surface area contributed by atoms with Crippen molar-refractivity contribution in [2.24, 2.45) is 0 Å². The number of hydrogen-bond donors (Lipinski definition) is 1. The van der Waals surface area contributed by atoms with Crippen LogP contribution in [0.1, 0.15) is 29.4 Å². The summed E-state index contributed by atoms with van der Waals surface area (Å²) in [7, 11) is 0. The monoisotopic (exact) mass is 295 g/mol. The molecule has 0 fully saturated rings. The largest absolute Gasteiger partial charge is 0.505 e. The molecule has 16 heavy (non-hydrogen) atoms. The summed E-state index contributed by atoms with van der Waals surface area (Å²) < 4.78 is 29.3. The molecule has 7 heteroatoms. The number of carbonyl (C=O) groups excluding carboxylic acids is 1. The normalized spacial score (nSPS) is 10.6. The van der Waals surface area contributed by atoms with Gasteiger partial charge >= 0.3 is 5.97 Å². The number of ether oxygens (including phenoxy) is 1. The molecule has 0 aliphatic heterocycles. The molecule has 0 amide bonds. The van der Waals surface area contributed by atoms with Crippen LogP contribution in [-0.2, 0) is 4.74 Å². The zero-order chi connectivity index (χ0) is 12.3. The topological polar surface area (TPSA) is 59.4 Å². The van der Waals surface area contributed by atoms with Gasteiger partial charge in [0.2, 0.25) is 0 Å². The van der Waals surface area contributed by atoms with Gasteiger partial charge in [-0.2, -0.15) is 0 Å². The highest BCUT2D eigenvalue weighted by atomic mass is 79.9. The molecule has 0 bridgehead atoms. The van der Waals surface area contributed by atoms with E-state index in [1.165, 1.54) is 0 Å². The molecule has 0 aromatic carbocycles. The van der Waals surface area contributed by atoms with Crippen LogP contribution < -0.4 is 0 Å². The van der Waals surface area contributed by atoms with Crippen LogP contribution in [0.3, 0.4) is 0 Å². The van der Waals surface area contributed by atoms with Gasteiger partial charge in [0.1, 0.15) is 17.0 Å². The van der Waals surface area contributed by atoms with Crippen molar-refractivity contribution >= 4 is 21.9 Å². The molecule has 0 spiro atoms. The van der Waals surface area contributed by atoms with Gasteiger partial charge in [0, 0.05) is 0 Å². The second-order valence-corrected chi connectivity index (χ2v) is 3.53. The van der Waals surface area contributed by atoms with Crippen molar-refractivity contribution < 1.29 is 23.4 Å². The summed E-state index contributed by atoms with van der Waals surface area (Å²) in [6.45, 7) is 1.65. The van der Waals surface area contributed by atoms with Crippen molar-refractivity contribution in [2.45, 2.75) is 13.3 Å². The predicted molar refractivity (Wildman–Crippen MR) is 54.5 cm³/mol. The van der Waals surface area contributed by atoms with E-state index in [0.29, 0.717) is 0 Å². The molecule has 0 radical (unpaired) electrons. The van der Waals surface area contributed by atoms with Gasteiger partial charge in [-0.15, -0.1) is 0 Å². The Morgan fingerprint density at radius 3 is 2.81 bits per heavy atom. The Hall–Kier alpha value is -1.24. The molecule has 0 atom stereocenters. The molecule has 0 saturated carbocycles. The zero-order valence-electron chi connectivity index (χ0n) is 8.21. The second kappa shape index (κ2) is 5.20. The molecule has 1 heterocycles. The van der Waals surface area contributed by atoms with Crippen LogP contribution in [0.25, 0.3) is 0 Å². The quantitative estimate of drug-likeness (QED) is 0.871. The van der Waals surface area contributed by atoms with Crippen molar-refractivity contribution in [3.05, 3.63) is 21.9 Å². The number of esters is 1. The lowest BCUT2D eigenvalue weighted by atomic mass is 10.2. The molecule has 0 saturated heterocycles. The minimum atomic E-state index is -2.84. The number of carbonyl (C=O) groups is 1. The van der Waals surface area contributed by atoms with Gasteiger partial charge in [0.25, 0.3) is 6.43 Å². The number of alkyl halides is 2. The van der Waals surface area contributed by atoms with E-state index in [4.69, 9.17) is 0 Å². The lowest BCUT2D eigenvalue weighted by molar-refractivity contribution is 0.0521. The van der Waals surface area contributed by atoms with E-state index in [-0.39, 0.29) is 16.6 Å². The predicted octanol–water partition coefficient (Wildman–Crippen LogP) is 2.66. The Labute approximate surface area is 98.4 Å². The Balaban J connectivity index is 3.26. The standard InChI is InChI=1S/C9H8BrF2NO3/c1-2-16-9(15)5-4(14)3-13-7(6(5)10)8(11)12/h3,8,14H,2H2,1H3. The smallest absolute Gasteiger partial charge is 0.343 e. The Morgan fingerprint density at radius 1 is 1.69 bits per heavy atom. The van der Waals surface area contributed by atoms with Gasteiger partial charge in [-0.1, -0.05) is 0 Å². The molecule has 1 aromatic heterocycles. The summed E-state index contributed by atoms with van der Waals surface area (Å²) in [6, 6.07) is 0. The van der Waals surface area contributed by atoms with Crippen molar-refractivity contribution in [1.82, 2.24) is 4.98 Å². The van der Waals surface area contributed by atoms with Gasteiger partial charge in [-0.05, 0) is 22.9 Å². The van der Waals surface area contributed by atoms with Crippen LogP contribution in [0.5, 0.6) is 5.75 Å². The average Bonchev–Trinajstić information content (AvgIpc) is 2.17. The van der Waals surface area contributed by atoms with Crippen molar-refractivity contribution in [2.75, 3.05) is 6.61 Å². The van der Waals surface area contributed by atoms with Crippen LogP contribution >= 0.6 is 15.9 Å². The maximum absolute atomic E-state index is 12.5. The number of aromatic hydroxyl groups is 1. The number of nitrogens with zero attached hydrogens (tertiary/aromatic N) is 1. The van der Waals surface area contributed by atoms with Crippen molar-refractivity contribution in [3.8, 4) is 5.75 Å². The van der Waals surface area contributed by atoms with E-state index in [0.717, 1.165) is 6.20 Å². The fourth-order valence-corrected chi connectivity index (χ4v) is 1.68. The number of hydrogen-bond acceptors (Lipinski definition) is 4. The summed E-state index contributed by atoms with van der Waals surface area (Å²) in [5, 5.41) is 9.36. The van der Waals surface area contributed by atoms with Gasteiger partial charge in [0.05, 0.1) is 17.3 Å². The van der Waals surface area contributed by atoms with Gasteiger partial charge in [-0.3, -0.25) is 4.98 Å². The lowest BCUT2D eigenvalue weighted by Crippen LogP contribution is -2.08. The Kier molecular flexibility index (Phi) is 4.17. The van der Waals surface area contributed by atoms with Crippen LogP contribution in [0, 0.1) is 0 Å². The van der Waals surface area contributed by atoms with Gasteiger partial charge in [0.15, 0.2) is 0 Å². The van der Waals surface area contributed by atoms with Crippen molar-refractivity contribution in [3.63, 3.8) is 0 Å². The number of pyridine rings is 1. The summed E-state index contributed by atoms with van der Waals surface area (Å²) in [5.41, 5.74) is -0.951. The number of halogens is 3. The van der Waals surface area contributed by atoms with E-state index >= 15 is 0 Å². The van der Waals surface area contributed by atoms with E-state index < -0.39 is 23.8 Å². The maximum Gasteiger partial charge on any atom is 0.343 e. The molecule has 88 valence electrons. The summed E-state index contributed by atoms with van der Waals surface area (Å²) in [4.78, 5) is 14.7. The zero-order valence-corrected chi connectivity index (χ0v) is 9.79. The van der Waals surface area contributed by atoms with E-state index in [1.54, 1.807) is 6.92 Å². The van der Waals surface area contributed by atoms with Crippen LogP contribution in [0.4, 0.5) is 8.78 Å². The third-order valence-corrected chi connectivity index (χ3v) is 2.52. The summed E-state index contributed by atoms with van der Waals surface area (Å²) in [6.07, 6.45) is -2.05. The fourth-order valence-electron chi connectivity index (χ4n) is 1.04. The van der Waals surface area contributed by atoms with Crippen molar-refractivity contribution in [1.29, 1.82) is 0 Å². The van der Waals surface area contributed by atoms with E-state index in [1.807, 2.05) is 0 Å². The van der Waals surface area contributed by atoms with E-state index in [9.17, 15) is 18.7 Å². The van der Waals surface area contributed by atoms with Gasteiger partial charge in [-0.25, -0.2) is 13.6 Å². The molecular weight excluding hydrogens is 288 g/mol. The molecule has 1 aromatic rings. The first kappa shape index (κ1) is 12.8. The van der Waals surface area contributed by atoms with Gasteiger partial charge < -0.3 is 9.84 Å². The fraction of sp³-hybridized carbons (Fsp3) is 0.333. The highest BCUT2D eigenvalue weighted by Gasteiger charge is 2.24. The lowest BCUT2D eigenvalue weighted by Gasteiger charge is -2.09. The van der Waals surface area contributed by atoms with Crippen LogP contribution in [0.2, 0.25) is 0 Å². The summed E-state index contributed by atoms with van der Waals surface area (Å²) in [5.74, 6) is -1.38. The molecule has 0 aliphatic rings. The highest BCUT2D eigenvalue weighted by molar-refractivity contribution is 9.10. The molecule has 1 N–H and O–H groups in total. The Bertz CT molecular complexity index is 412. The molecule has 1 rings (SSSR count). The maximum atomic E-state index is 12.5. The first-order chi connectivity index (χ1) is 7.49. The third-order valence-electron chi connectivity index (χ3n) is 1.71. The SMILES string of the molecule is CCOC(=O)c1c(O)cnc(C(F)F)c1Br. The Morgan fingerprint density at radius 2 is 2.31 bits per heavy atom. The first-order valence-corrected chi connectivity index (χ1v) is 5.11. The van der Waals surface area contributed by atoms with E-state index in [2.05, 4.69) is 25.7 Å². The minimum Gasteiger partial charge on any atom is -0.505 e. The molecular formula is C9H8BrF2NO3. The molecule has 4 nitrogen and oxygen atoms in total. The number of aromatic nitrogens is 1. The van der Waals surface area contributed by atoms with Crippen LogP contribution in [-0.4, -0.2) is 22.7 Å². The third kappa shape index (κ3) is 2.46. The first-order valence-electron chi connectivity index (χ1n) is 4.31. The average molecular weight is 296 g/mol. The highest BCUT2D eigenvalue weighted by Crippen LogP contribution is 2.33. The molecule has 0 unspecified atom stereocenters.